The molecule has 10 heteroatoms. The number of rotatable bonds is 7. The molecule has 8 nitrogen and oxygen atoms in total. The highest BCUT2D eigenvalue weighted by Crippen LogP contribution is 2.30. The number of carbonyl (C=O) groups is 1. The van der Waals surface area contributed by atoms with Crippen molar-refractivity contribution in [2.24, 2.45) is 0 Å². The van der Waals surface area contributed by atoms with Gasteiger partial charge in [-0.1, -0.05) is 36.9 Å². The summed E-state index contributed by atoms with van der Waals surface area (Å²) in [5.74, 6) is -0.182. The number of amides is 1. The zero-order valence-corrected chi connectivity index (χ0v) is 20.4. The molecule has 0 aliphatic carbocycles. The Balaban J connectivity index is 1.57. The van der Waals surface area contributed by atoms with Gasteiger partial charge in [0, 0.05) is 25.2 Å². The lowest BCUT2D eigenvalue weighted by atomic mass is 10.1. The van der Waals surface area contributed by atoms with Gasteiger partial charge in [0.2, 0.25) is 15.9 Å². The Morgan fingerprint density at radius 1 is 1.12 bits per heavy atom. The number of aryl methyl sites for hydroxylation is 1. The first-order valence-electron chi connectivity index (χ1n) is 10.5. The second-order valence-electron chi connectivity index (χ2n) is 7.84. The van der Waals surface area contributed by atoms with Gasteiger partial charge >= 0.3 is 0 Å². The lowest BCUT2D eigenvalue weighted by Crippen LogP contribution is -2.25. The van der Waals surface area contributed by atoms with Gasteiger partial charge in [0.25, 0.3) is 0 Å². The molecule has 33 heavy (non-hydrogen) atoms. The van der Waals surface area contributed by atoms with Crippen molar-refractivity contribution >= 4 is 49.9 Å². The zero-order chi connectivity index (χ0) is 23.8. The molecule has 1 N–H and O–H groups in total. The molecule has 1 amide bonds. The van der Waals surface area contributed by atoms with Crippen LogP contribution < -0.4 is 5.32 Å². The number of fused-ring (bicyclic) bond motifs is 3. The summed E-state index contributed by atoms with van der Waals surface area (Å²) in [4.78, 5) is 13.2. The molecule has 172 valence electrons. The number of sulfonamides is 1. The van der Waals surface area contributed by atoms with Gasteiger partial charge in [-0.25, -0.2) is 12.7 Å². The number of nitrogens with zero attached hydrogens (tertiary/aromatic N) is 4. The monoisotopic (exact) mass is 483 g/mol. The number of benzene rings is 2. The quantitative estimate of drug-likeness (QED) is 0.400. The van der Waals surface area contributed by atoms with Crippen LogP contribution in [0, 0.1) is 6.92 Å². The zero-order valence-electron chi connectivity index (χ0n) is 18.8. The van der Waals surface area contributed by atoms with E-state index >= 15 is 0 Å². The third kappa shape index (κ3) is 4.46. The molecule has 1 atom stereocenters. The lowest BCUT2D eigenvalue weighted by molar-refractivity contribution is -0.115. The molecule has 1 unspecified atom stereocenters. The number of aromatic nitrogens is 3. The fourth-order valence-electron chi connectivity index (χ4n) is 3.54. The van der Waals surface area contributed by atoms with Crippen LogP contribution in [0.4, 0.5) is 5.69 Å². The van der Waals surface area contributed by atoms with E-state index in [0.717, 1.165) is 26.4 Å². The second kappa shape index (κ2) is 9.12. The molecule has 2 aromatic carbocycles. The van der Waals surface area contributed by atoms with Crippen LogP contribution in [-0.2, 0) is 14.8 Å². The molecule has 2 aromatic heterocycles. The van der Waals surface area contributed by atoms with Crippen LogP contribution in [0.3, 0.4) is 0 Å². The summed E-state index contributed by atoms with van der Waals surface area (Å²) in [7, 11) is -0.563. The van der Waals surface area contributed by atoms with Crippen LogP contribution in [0.1, 0.15) is 18.9 Å². The van der Waals surface area contributed by atoms with E-state index in [1.165, 1.54) is 38.0 Å². The Hall–Kier alpha value is -2.95. The van der Waals surface area contributed by atoms with Gasteiger partial charge in [0.05, 0.1) is 15.7 Å². The first kappa shape index (κ1) is 23.2. The standard InChI is InChI=1S/C23H25N5O3S2/c1-5-20(22(29)24-16-10-12-17(13-11-16)33(30,31)27(3)4)32-23-26-25-21-14-15(2)18-8-6-7-9-19(18)28(21)23/h6-14,20H,5H2,1-4H3,(H,24,29). The summed E-state index contributed by atoms with van der Waals surface area (Å²) in [6.45, 7) is 3.98. The van der Waals surface area contributed by atoms with E-state index in [1.54, 1.807) is 12.1 Å². The van der Waals surface area contributed by atoms with Crippen LogP contribution in [0.5, 0.6) is 0 Å². The van der Waals surface area contributed by atoms with Crippen molar-refractivity contribution in [2.75, 3.05) is 19.4 Å². The van der Waals surface area contributed by atoms with Crippen LogP contribution in [0.2, 0.25) is 0 Å². The van der Waals surface area contributed by atoms with Gasteiger partial charge < -0.3 is 5.32 Å². The first-order chi connectivity index (χ1) is 15.7. The van der Waals surface area contributed by atoms with Crippen LogP contribution in [-0.4, -0.2) is 52.6 Å². The van der Waals surface area contributed by atoms with Crippen molar-refractivity contribution in [3.63, 3.8) is 0 Å². The van der Waals surface area contributed by atoms with Gasteiger partial charge in [0.15, 0.2) is 10.8 Å². The lowest BCUT2D eigenvalue weighted by Gasteiger charge is -2.15. The molecule has 0 bridgehead atoms. The Morgan fingerprint density at radius 2 is 1.82 bits per heavy atom. The Labute approximate surface area is 197 Å². The minimum Gasteiger partial charge on any atom is -0.325 e. The maximum atomic E-state index is 13.0. The summed E-state index contributed by atoms with van der Waals surface area (Å²) < 4.78 is 27.6. The SMILES string of the molecule is CCC(Sc1nnc2cc(C)c3ccccc3n12)C(=O)Nc1ccc(S(=O)(=O)N(C)C)cc1. The molecule has 0 aliphatic rings. The molecule has 2 heterocycles. The highest BCUT2D eigenvalue weighted by Gasteiger charge is 2.23. The fourth-order valence-corrected chi connectivity index (χ4v) is 5.42. The number of pyridine rings is 1. The van der Waals surface area contributed by atoms with Crippen molar-refractivity contribution in [1.82, 2.24) is 18.9 Å². The number of carbonyl (C=O) groups excluding carboxylic acids is 1. The Morgan fingerprint density at radius 3 is 2.48 bits per heavy atom. The van der Waals surface area contributed by atoms with Crippen LogP contribution >= 0.6 is 11.8 Å². The highest BCUT2D eigenvalue weighted by atomic mass is 32.2. The van der Waals surface area contributed by atoms with E-state index in [0.29, 0.717) is 17.3 Å². The van der Waals surface area contributed by atoms with Crippen molar-refractivity contribution in [2.45, 2.75) is 35.6 Å². The van der Waals surface area contributed by atoms with E-state index in [4.69, 9.17) is 0 Å². The van der Waals surface area contributed by atoms with Crippen LogP contribution in [0.15, 0.2) is 64.6 Å². The predicted octanol–water partition coefficient (Wildman–Crippen LogP) is 3.95. The second-order valence-corrected chi connectivity index (χ2v) is 11.2. The first-order valence-corrected chi connectivity index (χ1v) is 12.8. The third-order valence-corrected chi connectivity index (χ3v) is 8.52. The average molecular weight is 484 g/mol. The molecular weight excluding hydrogens is 458 g/mol. The predicted molar refractivity (Wildman–Crippen MR) is 131 cm³/mol. The smallest absolute Gasteiger partial charge is 0.242 e. The minimum absolute atomic E-state index is 0.170. The number of thioether (sulfide) groups is 1. The van der Waals surface area contributed by atoms with E-state index in [-0.39, 0.29) is 10.8 Å². The summed E-state index contributed by atoms with van der Waals surface area (Å²) >= 11 is 1.36. The third-order valence-electron chi connectivity index (χ3n) is 5.39. The van der Waals surface area contributed by atoms with Gasteiger partial charge in [-0.05, 0) is 55.3 Å². The summed E-state index contributed by atoms with van der Waals surface area (Å²) in [6.07, 6.45) is 0.586. The van der Waals surface area contributed by atoms with Crippen molar-refractivity contribution in [1.29, 1.82) is 0 Å². The number of hydrogen-bond acceptors (Lipinski definition) is 6. The number of para-hydroxylation sites is 1. The van der Waals surface area contributed by atoms with Gasteiger partial charge in [-0.2, -0.15) is 0 Å². The molecule has 0 saturated heterocycles. The molecule has 4 aromatic rings. The molecule has 0 aliphatic heterocycles. The Kier molecular flexibility index (Phi) is 6.42. The maximum Gasteiger partial charge on any atom is 0.242 e. The number of hydrogen-bond donors (Lipinski definition) is 1. The van der Waals surface area contributed by atoms with Crippen molar-refractivity contribution in [3.8, 4) is 0 Å². The van der Waals surface area contributed by atoms with Gasteiger partial charge in [0.1, 0.15) is 0 Å². The molecule has 4 rings (SSSR count). The summed E-state index contributed by atoms with van der Waals surface area (Å²) in [5, 5.41) is 12.9. The minimum atomic E-state index is -3.52. The fraction of sp³-hybridized carbons (Fsp3) is 0.261. The highest BCUT2D eigenvalue weighted by molar-refractivity contribution is 8.00. The maximum absolute atomic E-state index is 13.0. The van der Waals surface area contributed by atoms with E-state index < -0.39 is 15.3 Å². The van der Waals surface area contributed by atoms with E-state index in [9.17, 15) is 13.2 Å². The molecule has 0 radical (unpaired) electrons. The molecular formula is C23H25N5O3S2. The molecule has 0 fully saturated rings. The van der Waals surface area contributed by atoms with E-state index in [1.807, 2.05) is 42.5 Å². The van der Waals surface area contributed by atoms with Gasteiger partial charge in [-0.3, -0.25) is 9.20 Å². The summed E-state index contributed by atoms with van der Waals surface area (Å²) in [6, 6.07) is 16.2. The Bertz CT molecular complexity index is 1430. The molecule has 0 spiro atoms. The van der Waals surface area contributed by atoms with Crippen LogP contribution in [0.25, 0.3) is 16.6 Å². The van der Waals surface area contributed by atoms with Crippen molar-refractivity contribution in [3.05, 3.63) is 60.2 Å². The van der Waals surface area contributed by atoms with E-state index in [2.05, 4.69) is 21.6 Å². The number of nitrogens with one attached hydrogen (secondary N) is 1. The average Bonchev–Trinajstić information content (AvgIpc) is 3.20. The topological polar surface area (TPSA) is 96.7 Å². The summed E-state index contributed by atoms with van der Waals surface area (Å²) in [5.41, 5.74) is 3.38. The normalized spacial score (nSPS) is 13.0. The number of anilines is 1. The van der Waals surface area contributed by atoms with Crippen molar-refractivity contribution < 1.29 is 13.2 Å². The largest absolute Gasteiger partial charge is 0.325 e. The molecule has 0 saturated carbocycles. The van der Waals surface area contributed by atoms with Gasteiger partial charge in [-0.15, -0.1) is 10.2 Å².